The normalized spacial score (nSPS) is 11.2. The largest absolute Gasteiger partial charge is 0.367 e. The van der Waals surface area contributed by atoms with Gasteiger partial charge in [0, 0.05) is 12.6 Å². The average molecular weight is 129 g/mol. The molecule has 0 aromatic heterocycles. The van der Waals surface area contributed by atoms with E-state index in [1.54, 1.807) is 27.0 Å². The van der Waals surface area contributed by atoms with Crippen molar-refractivity contribution in [3.05, 3.63) is 11.6 Å². The monoisotopic (exact) mass is 129 g/mol. The summed E-state index contributed by atoms with van der Waals surface area (Å²) in [6.07, 6.45) is 1.69. The topological polar surface area (TPSA) is 38.3 Å². The van der Waals surface area contributed by atoms with Crippen molar-refractivity contribution in [2.75, 3.05) is 7.05 Å². The first-order chi connectivity index (χ1) is 4.22. The summed E-state index contributed by atoms with van der Waals surface area (Å²) >= 11 is 0. The van der Waals surface area contributed by atoms with Crippen LogP contribution in [0.1, 0.15) is 13.8 Å². The van der Waals surface area contributed by atoms with Crippen molar-refractivity contribution in [1.29, 1.82) is 0 Å². The van der Waals surface area contributed by atoms with Crippen LogP contribution in [0.4, 0.5) is 0 Å². The van der Waals surface area contributed by atoms with Crippen LogP contribution in [0.2, 0.25) is 0 Å². The fourth-order valence-electron chi connectivity index (χ4n) is 0.291. The van der Waals surface area contributed by atoms with Crippen LogP contribution in [-0.4, -0.2) is 13.0 Å². The zero-order valence-electron chi connectivity index (χ0n) is 5.89. The number of carbonyl (C=O) groups excluding carboxylic acids is 1. The van der Waals surface area contributed by atoms with E-state index in [1.165, 1.54) is 0 Å². The molecule has 0 amide bonds. The third kappa shape index (κ3) is 2.87. The summed E-state index contributed by atoms with van der Waals surface area (Å²) in [4.78, 5) is 15.1. The smallest absolute Gasteiger partial charge is 0.352 e. The molecule has 3 nitrogen and oxygen atoms in total. The van der Waals surface area contributed by atoms with Gasteiger partial charge in [0.2, 0.25) is 0 Å². The molecule has 52 valence electrons. The van der Waals surface area contributed by atoms with E-state index in [1.807, 2.05) is 0 Å². The van der Waals surface area contributed by atoms with Crippen molar-refractivity contribution in [1.82, 2.24) is 5.48 Å². The van der Waals surface area contributed by atoms with Crippen molar-refractivity contribution in [2.24, 2.45) is 0 Å². The summed E-state index contributed by atoms with van der Waals surface area (Å²) in [5, 5.41) is 0. The maximum absolute atomic E-state index is 10.6. The van der Waals surface area contributed by atoms with Crippen LogP contribution < -0.4 is 5.48 Å². The fourth-order valence-corrected chi connectivity index (χ4v) is 0.291. The number of nitrogens with one attached hydrogen (secondary N) is 1. The lowest BCUT2D eigenvalue weighted by molar-refractivity contribution is -0.144. The predicted molar refractivity (Wildman–Crippen MR) is 34.6 cm³/mol. The first-order valence-corrected chi connectivity index (χ1v) is 2.73. The molecule has 3 heteroatoms. The minimum atomic E-state index is -0.333. The van der Waals surface area contributed by atoms with E-state index in [2.05, 4.69) is 10.3 Å². The molecule has 0 atom stereocenters. The zero-order valence-corrected chi connectivity index (χ0v) is 5.89. The molecule has 0 heterocycles. The molecule has 0 rings (SSSR count). The lowest BCUT2D eigenvalue weighted by atomic mass is 10.3. The van der Waals surface area contributed by atoms with Crippen molar-refractivity contribution in [3.8, 4) is 0 Å². The second-order valence-corrected chi connectivity index (χ2v) is 1.57. The predicted octanol–water partition coefficient (Wildman–Crippen LogP) is 0.630. The summed E-state index contributed by atoms with van der Waals surface area (Å²) < 4.78 is 0. The minimum Gasteiger partial charge on any atom is -0.367 e. The molecule has 0 aromatic carbocycles. The van der Waals surface area contributed by atoms with Crippen LogP contribution in [0.5, 0.6) is 0 Å². The van der Waals surface area contributed by atoms with E-state index in [4.69, 9.17) is 0 Å². The van der Waals surface area contributed by atoms with Gasteiger partial charge < -0.3 is 4.84 Å². The molecule has 0 aliphatic rings. The van der Waals surface area contributed by atoms with Crippen molar-refractivity contribution in [2.45, 2.75) is 13.8 Å². The summed E-state index contributed by atoms with van der Waals surface area (Å²) in [6, 6.07) is 0. The third-order valence-corrected chi connectivity index (χ3v) is 0.950. The Morgan fingerprint density at radius 2 is 2.22 bits per heavy atom. The number of hydroxylamine groups is 1. The molecule has 0 spiro atoms. The first kappa shape index (κ1) is 8.17. The summed E-state index contributed by atoms with van der Waals surface area (Å²) in [6.45, 7) is 3.48. The summed E-state index contributed by atoms with van der Waals surface area (Å²) in [5.41, 5.74) is 2.89. The Morgan fingerprint density at radius 1 is 1.67 bits per heavy atom. The third-order valence-electron chi connectivity index (χ3n) is 0.950. The quantitative estimate of drug-likeness (QED) is 0.439. The lowest BCUT2D eigenvalue weighted by Crippen LogP contribution is -2.15. The highest BCUT2D eigenvalue weighted by Gasteiger charge is 2.00. The van der Waals surface area contributed by atoms with Gasteiger partial charge in [-0.05, 0) is 13.8 Å². The summed E-state index contributed by atoms with van der Waals surface area (Å²) in [5.74, 6) is -0.333. The van der Waals surface area contributed by atoms with Crippen LogP contribution >= 0.6 is 0 Å². The fraction of sp³-hybridized carbons (Fsp3) is 0.500. The van der Waals surface area contributed by atoms with Crippen molar-refractivity contribution in [3.63, 3.8) is 0 Å². The molecule has 1 N–H and O–H groups in total. The highest BCUT2D eigenvalue weighted by molar-refractivity contribution is 5.87. The molecule has 0 radical (unpaired) electrons. The van der Waals surface area contributed by atoms with Crippen LogP contribution in [0.15, 0.2) is 11.6 Å². The molecular weight excluding hydrogens is 118 g/mol. The number of allylic oxidation sites excluding steroid dienone is 1. The number of hydrogen-bond donors (Lipinski definition) is 1. The van der Waals surface area contributed by atoms with Crippen LogP contribution in [-0.2, 0) is 9.63 Å². The number of hydrogen-bond acceptors (Lipinski definition) is 3. The van der Waals surface area contributed by atoms with Crippen molar-refractivity contribution >= 4 is 5.97 Å². The molecule has 0 unspecified atom stereocenters. The second-order valence-electron chi connectivity index (χ2n) is 1.57. The first-order valence-electron chi connectivity index (χ1n) is 2.73. The highest BCUT2D eigenvalue weighted by Crippen LogP contribution is 1.92. The van der Waals surface area contributed by atoms with Gasteiger partial charge in [-0.2, -0.15) is 5.48 Å². The van der Waals surface area contributed by atoms with Crippen LogP contribution in [0.25, 0.3) is 0 Å². The van der Waals surface area contributed by atoms with Crippen LogP contribution in [0.3, 0.4) is 0 Å². The van der Waals surface area contributed by atoms with E-state index in [-0.39, 0.29) is 5.97 Å². The lowest BCUT2D eigenvalue weighted by Gasteiger charge is -1.98. The van der Waals surface area contributed by atoms with Crippen LogP contribution in [0, 0.1) is 0 Å². The van der Waals surface area contributed by atoms with Gasteiger partial charge in [-0.3, -0.25) is 0 Å². The van der Waals surface area contributed by atoms with E-state index < -0.39 is 0 Å². The molecule has 0 bridgehead atoms. The highest BCUT2D eigenvalue weighted by atomic mass is 16.7. The standard InChI is InChI=1S/C6H11NO2/c1-4-5(2)6(8)9-7-3/h4,7H,1-3H3. The number of rotatable bonds is 2. The van der Waals surface area contributed by atoms with Gasteiger partial charge in [-0.1, -0.05) is 6.08 Å². The number of carbonyl (C=O) groups is 1. The maximum atomic E-state index is 10.6. The van der Waals surface area contributed by atoms with Gasteiger partial charge in [-0.25, -0.2) is 4.79 Å². The molecule has 9 heavy (non-hydrogen) atoms. The Labute approximate surface area is 54.7 Å². The van der Waals surface area contributed by atoms with Gasteiger partial charge in [0.1, 0.15) is 0 Å². The molecule has 0 saturated carbocycles. The molecular formula is C6H11NO2. The Bertz CT molecular complexity index is 129. The molecule has 0 aliphatic heterocycles. The summed E-state index contributed by atoms with van der Waals surface area (Å²) in [7, 11) is 1.54. The molecule has 0 fully saturated rings. The molecule has 0 aromatic rings. The van der Waals surface area contributed by atoms with Gasteiger partial charge in [-0.15, -0.1) is 0 Å². The Morgan fingerprint density at radius 3 is 2.56 bits per heavy atom. The maximum Gasteiger partial charge on any atom is 0.352 e. The SMILES string of the molecule is CC=C(C)C(=O)ONC. The van der Waals surface area contributed by atoms with Gasteiger partial charge in [0.15, 0.2) is 0 Å². The van der Waals surface area contributed by atoms with E-state index in [0.29, 0.717) is 5.57 Å². The average Bonchev–Trinajstić information content (AvgIpc) is 1.87. The van der Waals surface area contributed by atoms with Gasteiger partial charge >= 0.3 is 5.97 Å². The second kappa shape index (κ2) is 4.09. The Balaban J connectivity index is 3.74. The Hall–Kier alpha value is -0.830. The molecule has 0 aliphatic carbocycles. The molecule has 0 saturated heterocycles. The Kier molecular flexibility index (Phi) is 3.71. The van der Waals surface area contributed by atoms with E-state index in [9.17, 15) is 4.79 Å². The van der Waals surface area contributed by atoms with Crippen molar-refractivity contribution < 1.29 is 9.63 Å². The van der Waals surface area contributed by atoms with Gasteiger partial charge in [0.05, 0.1) is 0 Å². The minimum absolute atomic E-state index is 0.333. The zero-order chi connectivity index (χ0) is 7.28. The van der Waals surface area contributed by atoms with E-state index in [0.717, 1.165) is 0 Å². The van der Waals surface area contributed by atoms with Gasteiger partial charge in [0.25, 0.3) is 0 Å². The van der Waals surface area contributed by atoms with E-state index >= 15 is 0 Å².